The van der Waals surface area contributed by atoms with Crippen molar-refractivity contribution >= 4 is 29.9 Å². The Labute approximate surface area is 99.2 Å². The molecule has 0 aliphatic heterocycles. The Hall–Kier alpha value is -1.74. The topological polar surface area (TPSA) is 38.4 Å². The van der Waals surface area contributed by atoms with Gasteiger partial charge in [-0.2, -0.15) is 0 Å². The van der Waals surface area contributed by atoms with Crippen LogP contribution in [0.3, 0.4) is 0 Å². The third-order valence-corrected chi connectivity index (χ3v) is 3.15. The molecule has 0 aliphatic carbocycles. The molecule has 16 heavy (non-hydrogen) atoms. The van der Waals surface area contributed by atoms with Gasteiger partial charge in [-0.05, 0) is 37.0 Å². The summed E-state index contributed by atoms with van der Waals surface area (Å²) in [4.78, 5) is 6.19. The van der Waals surface area contributed by atoms with E-state index < -0.39 is 0 Å². The fraction of sp³-hybridized carbons (Fsp3) is 0. The fourth-order valence-electron chi connectivity index (χ4n) is 1.35. The van der Waals surface area contributed by atoms with Crippen LogP contribution in [0.5, 0.6) is 0 Å². The molecule has 2 rings (SSSR count). The Balaban J connectivity index is 2.26. The van der Waals surface area contributed by atoms with E-state index in [0.717, 1.165) is 10.6 Å². The van der Waals surface area contributed by atoms with Crippen molar-refractivity contribution < 1.29 is 0 Å². The number of rotatable bonds is 3. The zero-order valence-electron chi connectivity index (χ0n) is 8.76. The highest BCUT2D eigenvalue weighted by molar-refractivity contribution is 7.99. The van der Waals surface area contributed by atoms with Gasteiger partial charge in [-0.3, -0.25) is 4.99 Å². The van der Waals surface area contributed by atoms with Gasteiger partial charge < -0.3 is 5.73 Å². The second-order valence-corrected chi connectivity index (χ2v) is 4.44. The molecule has 0 spiro atoms. The number of anilines is 1. The van der Waals surface area contributed by atoms with Crippen LogP contribution in [0.2, 0.25) is 0 Å². The van der Waals surface area contributed by atoms with Crippen LogP contribution in [0.25, 0.3) is 0 Å². The van der Waals surface area contributed by atoms with Crippen molar-refractivity contribution in [3.8, 4) is 0 Å². The van der Waals surface area contributed by atoms with Gasteiger partial charge >= 0.3 is 0 Å². The van der Waals surface area contributed by atoms with Crippen molar-refractivity contribution in [3.05, 3.63) is 48.5 Å². The van der Waals surface area contributed by atoms with E-state index in [0.29, 0.717) is 5.69 Å². The van der Waals surface area contributed by atoms with Crippen molar-refractivity contribution in [1.82, 2.24) is 0 Å². The first-order chi connectivity index (χ1) is 7.79. The molecule has 0 unspecified atom stereocenters. The van der Waals surface area contributed by atoms with Gasteiger partial charge in [0, 0.05) is 9.79 Å². The molecule has 0 aromatic heterocycles. The average molecular weight is 228 g/mol. The first-order valence-electron chi connectivity index (χ1n) is 4.89. The van der Waals surface area contributed by atoms with E-state index in [2.05, 4.69) is 23.8 Å². The van der Waals surface area contributed by atoms with Gasteiger partial charge in [-0.25, -0.2) is 0 Å². The zero-order valence-corrected chi connectivity index (χ0v) is 9.58. The van der Waals surface area contributed by atoms with Gasteiger partial charge in [0.1, 0.15) is 0 Å². The highest BCUT2D eigenvalue weighted by atomic mass is 32.2. The summed E-state index contributed by atoms with van der Waals surface area (Å²) in [5.41, 5.74) is 7.15. The molecule has 0 fully saturated rings. The second-order valence-electron chi connectivity index (χ2n) is 3.29. The smallest absolute Gasteiger partial charge is 0.0862 e. The van der Waals surface area contributed by atoms with Gasteiger partial charge in [0.25, 0.3) is 0 Å². The standard InChI is InChI=1S/C13H12N2S/c1-15-13-9-11(7-8-12(13)14)16-10-5-3-2-4-6-10/h2-9H,1,14H2. The van der Waals surface area contributed by atoms with E-state index in [9.17, 15) is 0 Å². The number of nitrogens with zero attached hydrogens (tertiary/aromatic N) is 1. The maximum absolute atomic E-state index is 5.75. The van der Waals surface area contributed by atoms with E-state index in [-0.39, 0.29) is 0 Å². The summed E-state index contributed by atoms with van der Waals surface area (Å²) in [6, 6.07) is 16.0. The number of nitrogens with two attached hydrogens (primary N) is 1. The van der Waals surface area contributed by atoms with E-state index in [1.165, 1.54) is 4.90 Å². The van der Waals surface area contributed by atoms with Crippen molar-refractivity contribution in [3.63, 3.8) is 0 Å². The molecule has 2 nitrogen and oxygen atoms in total. The fourth-order valence-corrected chi connectivity index (χ4v) is 2.22. The molecule has 0 radical (unpaired) electrons. The molecule has 0 atom stereocenters. The third kappa shape index (κ3) is 2.44. The number of hydrogen-bond donors (Lipinski definition) is 1. The van der Waals surface area contributed by atoms with Crippen molar-refractivity contribution in [2.24, 2.45) is 4.99 Å². The molecule has 0 heterocycles. The Morgan fingerprint density at radius 1 is 1.00 bits per heavy atom. The summed E-state index contributed by atoms with van der Waals surface area (Å²) < 4.78 is 0. The summed E-state index contributed by atoms with van der Waals surface area (Å²) in [6.07, 6.45) is 0. The first-order valence-corrected chi connectivity index (χ1v) is 5.70. The van der Waals surface area contributed by atoms with Crippen molar-refractivity contribution in [1.29, 1.82) is 0 Å². The van der Waals surface area contributed by atoms with E-state index in [1.54, 1.807) is 11.8 Å². The van der Waals surface area contributed by atoms with E-state index in [4.69, 9.17) is 5.73 Å². The SMILES string of the molecule is C=Nc1cc(Sc2ccccc2)ccc1N. The van der Waals surface area contributed by atoms with Crippen LogP contribution < -0.4 is 5.73 Å². The molecule has 80 valence electrons. The van der Waals surface area contributed by atoms with E-state index >= 15 is 0 Å². The molecule has 0 saturated heterocycles. The molecule has 0 bridgehead atoms. The highest BCUT2D eigenvalue weighted by Crippen LogP contribution is 2.32. The predicted octanol–water partition coefficient (Wildman–Crippen LogP) is 3.75. The summed E-state index contributed by atoms with van der Waals surface area (Å²) >= 11 is 1.68. The highest BCUT2D eigenvalue weighted by Gasteiger charge is 2.00. The van der Waals surface area contributed by atoms with Crippen LogP contribution in [0.15, 0.2) is 63.3 Å². The normalized spacial score (nSPS) is 10.0. The molecule has 3 heteroatoms. The van der Waals surface area contributed by atoms with Gasteiger partial charge in [0.05, 0.1) is 11.4 Å². The van der Waals surface area contributed by atoms with Crippen LogP contribution in [-0.2, 0) is 0 Å². The summed E-state index contributed by atoms with van der Waals surface area (Å²) in [5, 5.41) is 0. The first kappa shape index (κ1) is 10.8. The summed E-state index contributed by atoms with van der Waals surface area (Å²) in [5.74, 6) is 0. The van der Waals surface area contributed by atoms with Crippen LogP contribution in [0, 0.1) is 0 Å². The summed E-state index contributed by atoms with van der Waals surface area (Å²) in [7, 11) is 0. The maximum atomic E-state index is 5.75. The lowest BCUT2D eigenvalue weighted by Gasteiger charge is -2.04. The molecular weight excluding hydrogens is 216 g/mol. The van der Waals surface area contributed by atoms with Crippen molar-refractivity contribution in [2.75, 3.05) is 5.73 Å². The molecule has 0 amide bonds. The number of aliphatic imine (C=N–C) groups is 1. The van der Waals surface area contributed by atoms with Gasteiger partial charge in [-0.15, -0.1) is 0 Å². The Bertz CT molecular complexity index is 495. The van der Waals surface area contributed by atoms with Crippen LogP contribution in [0.1, 0.15) is 0 Å². The van der Waals surface area contributed by atoms with Gasteiger partial charge in [0.15, 0.2) is 0 Å². The van der Waals surface area contributed by atoms with Gasteiger partial charge in [-0.1, -0.05) is 30.0 Å². The molecule has 2 aromatic rings. The Morgan fingerprint density at radius 3 is 2.44 bits per heavy atom. The maximum Gasteiger partial charge on any atom is 0.0862 e. The molecular formula is C13H12N2S. The third-order valence-electron chi connectivity index (χ3n) is 2.15. The minimum absolute atomic E-state index is 0.660. The molecule has 0 aliphatic rings. The van der Waals surface area contributed by atoms with Crippen LogP contribution in [0.4, 0.5) is 11.4 Å². The quantitative estimate of drug-likeness (QED) is 0.641. The second kappa shape index (κ2) is 4.86. The monoisotopic (exact) mass is 228 g/mol. The lowest BCUT2D eigenvalue weighted by molar-refractivity contribution is 1.39. The van der Waals surface area contributed by atoms with Crippen LogP contribution >= 0.6 is 11.8 Å². The number of benzene rings is 2. The number of hydrogen-bond acceptors (Lipinski definition) is 3. The Kier molecular flexibility index (Phi) is 3.27. The lowest BCUT2D eigenvalue weighted by Crippen LogP contribution is -1.85. The van der Waals surface area contributed by atoms with Gasteiger partial charge in [0.2, 0.25) is 0 Å². The largest absolute Gasteiger partial charge is 0.397 e. The number of nitrogen functional groups attached to an aromatic ring is 1. The molecule has 0 saturated carbocycles. The lowest BCUT2D eigenvalue weighted by atomic mass is 10.3. The minimum atomic E-state index is 0.660. The Morgan fingerprint density at radius 2 is 1.75 bits per heavy atom. The van der Waals surface area contributed by atoms with E-state index in [1.807, 2.05) is 36.4 Å². The van der Waals surface area contributed by atoms with Crippen molar-refractivity contribution in [2.45, 2.75) is 9.79 Å². The average Bonchev–Trinajstić information content (AvgIpc) is 2.33. The zero-order chi connectivity index (χ0) is 11.4. The molecule has 2 N–H and O–H groups in total. The van der Waals surface area contributed by atoms with Crippen LogP contribution in [-0.4, -0.2) is 6.72 Å². The summed E-state index contributed by atoms with van der Waals surface area (Å²) in [6.45, 7) is 3.50. The molecule has 2 aromatic carbocycles. The minimum Gasteiger partial charge on any atom is -0.397 e. The predicted molar refractivity (Wildman–Crippen MR) is 70.6 cm³/mol.